The number of hydrogen-bond acceptors (Lipinski definition) is 3. The van der Waals surface area contributed by atoms with Crippen LogP contribution in [0.2, 0.25) is 5.02 Å². The summed E-state index contributed by atoms with van der Waals surface area (Å²) in [6.07, 6.45) is 0. The topological polar surface area (TPSA) is 49.8 Å². The highest BCUT2D eigenvalue weighted by Gasteiger charge is 2.24. The molecule has 2 rings (SSSR count). The van der Waals surface area contributed by atoms with Gasteiger partial charge >= 0.3 is 0 Å². The van der Waals surface area contributed by atoms with Crippen molar-refractivity contribution in [1.82, 2.24) is 4.90 Å². The van der Waals surface area contributed by atoms with Crippen molar-refractivity contribution in [2.75, 3.05) is 20.8 Å². The molecule has 0 heterocycles. The lowest BCUT2D eigenvalue weighted by Crippen LogP contribution is -2.33. The van der Waals surface area contributed by atoms with Gasteiger partial charge in [-0.25, -0.2) is 4.39 Å². The van der Waals surface area contributed by atoms with Crippen molar-refractivity contribution in [3.05, 3.63) is 64.4 Å². The number of aliphatic hydroxyl groups excluding tert-OH is 1. The van der Waals surface area contributed by atoms with Gasteiger partial charge in [-0.3, -0.25) is 4.79 Å². The standard InChI is InChI=1S/C17H17ClFNO3/c1-20(17(22)14-8-5-12(19)9-15(14)18)16(10-21)11-3-6-13(23-2)7-4-11/h3-9,16,21H,10H2,1-2H3/t16-/m1/s1. The Morgan fingerprint density at radius 2 is 1.96 bits per heavy atom. The Hall–Kier alpha value is -2.11. The van der Waals surface area contributed by atoms with Crippen molar-refractivity contribution in [2.24, 2.45) is 0 Å². The van der Waals surface area contributed by atoms with E-state index in [9.17, 15) is 14.3 Å². The third-order valence-electron chi connectivity index (χ3n) is 3.62. The Balaban J connectivity index is 2.27. The van der Waals surface area contributed by atoms with Crippen LogP contribution in [0.1, 0.15) is 22.0 Å². The summed E-state index contributed by atoms with van der Waals surface area (Å²) in [6, 6.07) is 10.1. The molecule has 23 heavy (non-hydrogen) atoms. The van der Waals surface area contributed by atoms with Crippen LogP contribution in [0.5, 0.6) is 5.75 Å². The molecule has 0 bridgehead atoms. The Bertz CT molecular complexity index is 691. The Morgan fingerprint density at radius 1 is 1.30 bits per heavy atom. The Labute approximate surface area is 139 Å². The molecule has 4 nitrogen and oxygen atoms in total. The van der Waals surface area contributed by atoms with Crippen LogP contribution >= 0.6 is 11.6 Å². The van der Waals surface area contributed by atoms with Gasteiger partial charge in [-0.2, -0.15) is 0 Å². The van der Waals surface area contributed by atoms with Crippen LogP contribution < -0.4 is 4.74 Å². The van der Waals surface area contributed by atoms with E-state index in [0.29, 0.717) is 5.75 Å². The van der Waals surface area contributed by atoms with Crippen molar-refractivity contribution in [2.45, 2.75) is 6.04 Å². The van der Waals surface area contributed by atoms with Crippen LogP contribution in [-0.4, -0.2) is 36.7 Å². The van der Waals surface area contributed by atoms with Crippen LogP contribution in [0.4, 0.5) is 4.39 Å². The van der Waals surface area contributed by atoms with E-state index in [1.165, 1.54) is 17.0 Å². The molecule has 2 aromatic rings. The molecular weight excluding hydrogens is 321 g/mol. The summed E-state index contributed by atoms with van der Waals surface area (Å²) in [5.74, 6) is -0.228. The largest absolute Gasteiger partial charge is 0.497 e. The monoisotopic (exact) mass is 337 g/mol. The molecule has 0 unspecified atom stereocenters. The average molecular weight is 338 g/mol. The van der Waals surface area contributed by atoms with Crippen LogP contribution in [0.15, 0.2) is 42.5 Å². The second-order valence-corrected chi connectivity index (χ2v) is 5.42. The molecule has 122 valence electrons. The van der Waals surface area contributed by atoms with Crippen LogP contribution in [0.3, 0.4) is 0 Å². The van der Waals surface area contributed by atoms with Gasteiger partial charge in [-0.05, 0) is 35.9 Å². The maximum absolute atomic E-state index is 13.1. The minimum atomic E-state index is -0.547. The molecule has 0 aliphatic rings. The third-order valence-corrected chi connectivity index (χ3v) is 3.94. The lowest BCUT2D eigenvalue weighted by atomic mass is 10.0. The molecule has 2 aromatic carbocycles. The van der Waals surface area contributed by atoms with Gasteiger partial charge in [0.1, 0.15) is 11.6 Å². The predicted octanol–water partition coefficient (Wildman–Crippen LogP) is 3.29. The minimum Gasteiger partial charge on any atom is -0.497 e. The van der Waals surface area contributed by atoms with E-state index >= 15 is 0 Å². The number of rotatable bonds is 5. The molecule has 0 radical (unpaired) electrons. The highest BCUT2D eigenvalue weighted by Crippen LogP contribution is 2.25. The first-order valence-corrected chi connectivity index (χ1v) is 7.32. The number of hydrogen-bond donors (Lipinski definition) is 1. The maximum atomic E-state index is 13.1. The number of benzene rings is 2. The second kappa shape index (κ2) is 7.44. The van der Waals surface area contributed by atoms with E-state index in [-0.39, 0.29) is 17.2 Å². The van der Waals surface area contributed by atoms with Gasteiger partial charge in [-0.15, -0.1) is 0 Å². The second-order valence-electron chi connectivity index (χ2n) is 5.01. The van der Waals surface area contributed by atoms with Gasteiger partial charge in [0, 0.05) is 7.05 Å². The number of nitrogens with zero attached hydrogens (tertiary/aromatic N) is 1. The number of likely N-dealkylation sites (N-methyl/N-ethyl adjacent to an activating group) is 1. The summed E-state index contributed by atoms with van der Waals surface area (Å²) in [7, 11) is 3.12. The van der Waals surface area contributed by atoms with Crippen molar-refractivity contribution in [3.8, 4) is 5.75 Å². The quantitative estimate of drug-likeness (QED) is 0.910. The number of aliphatic hydroxyl groups is 1. The van der Waals surface area contributed by atoms with Gasteiger partial charge in [0.15, 0.2) is 0 Å². The van der Waals surface area contributed by atoms with Gasteiger partial charge in [-0.1, -0.05) is 23.7 Å². The molecule has 1 N–H and O–H groups in total. The van der Waals surface area contributed by atoms with Gasteiger partial charge in [0.25, 0.3) is 5.91 Å². The Morgan fingerprint density at radius 3 is 2.48 bits per heavy atom. The van der Waals surface area contributed by atoms with E-state index in [4.69, 9.17) is 16.3 Å². The van der Waals surface area contributed by atoms with E-state index in [1.54, 1.807) is 38.4 Å². The zero-order valence-corrected chi connectivity index (χ0v) is 13.5. The predicted molar refractivity (Wildman–Crippen MR) is 86.3 cm³/mol. The van der Waals surface area contributed by atoms with Gasteiger partial charge in [0.2, 0.25) is 0 Å². The first-order chi connectivity index (χ1) is 11.0. The molecule has 0 fully saturated rings. The molecule has 0 spiro atoms. The highest BCUT2D eigenvalue weighted by atomic mass is 35.5. The zero-order chi connectivity index (χ0) is 17.0. The molecule has 0 aromatic heterocycles. The van der Waals surface area contributed by atoms with Crippen LogP contribution in [0.25, 0.3) is 0 Å². The van der Waals surface area contributed by atoms with E-state index in [1.807, 2.05) is 0 Å². The molecular formula is C17H17ClFNO3. The van der Waals surface area contributed by atoms with Crippen molar-refractivity contribution >= 4 is 17.5 Å². The van der Waals surface area contributed by atoms with Crippen molar-refractivity contribution in [3.63, 3.8) is 0 Å². The number of carbonyl (C=O) groups excluding carboxylic acids is 1. The first-order valence-electron chi connectivity index (χ1n) is 6.95. The van der Waals surface area contributed by atoms with Crippen LogP contribution in [0, 0.1) is 5.82 Å². The van der Waals surface area contributed by atoms with Gasteiger partial charge in [0.05, 0.1) is 30.3 Å². The third kappa shape index (κ3) is 3.81. The fraction of sp³-hybridized carbons (Fsp3) is 0.235. The summed E-state index contributed by atoms with van der Waals surface area (Å²) in [5.41, 5.74) is 0.935. The highest BCUT2D eigenvalue weighted by molar-refractivity contribution is 6.33. The maximum Gasteiger partial charge on any atom is 0.255 e. The fourth-order valence-electron chi connectivity index (χ4n) is 2.27. The van der Waals surface area contributed by atoms with E-state index in [2.05, 4.69) is 0 Å². The summed E-state index contributed by atoms with van der Waals surface area (Å²) in [5, 5.41) is 9.70. The van der Waals surface area contributed by atoms with E-state index in [0.717, 1.165) is 11.6 Å². The number of halogens is 2. The Kier molecular flexibility index (Phi) is 5.58. The van der Waals surface area contributed by atoms with E-state index < -0.39 is 17.8 Å². The number of methoxy groups -OCH3 is 1. The SMILES string of the molecule is COc1ccc([C@@H](CO)N(C)C(=O)c2ccc(F)cc2Cl)cc1. The molecule has 1 atom stereocenters. The lowest BCUT2D eigenvalue weighted by molar-refractivity contribution is 0.0658. The number of amides is 1. The smallest absolute Gasteiger partial charge is 0.255 e. The number of carbonyl (C=O) groups is 1. The van der Waals surface area contributed by atoms with Crippen molar-refractivity contribution < 1.29 is 19.0 Å². The average Bonchev–Trinajstić information content (AvgIpc) is 2.55. The molecule has 1 amide bonds. The summed E-state index contributed by atoms with van der Waals surface area (Å²) in [6.45, 7) is -0.257. The number of ether oxygens (including phenoxy) is 1. The fourth-order valence-corrected chi connectivity index (χ4v) is 2.52. The normalized spacial score (nSPS) is 11.9. The lowest BCUT2D eigenvalue weighted by Gasteiger charge is -2.27. The molecule has 0 saturated carbocycles. The summed E-state index contributed by atoms with van der Waals surface area (Å²) in [4.78, 5) is 13.9. The molecule has 0 aliphatic carbocycles. The molecule has 6 heteroatoms. The van der Waals surface area contributed by atoms with Crippen LogP contribution in [-0.2, 0) is 0 Å². The van der Waals surface area contributed by atoms with Gasteiger partial charge < -0.3 is 14.7 Å². The first kappa shape index (κ1) is 17.2. The molecule has 0 saturated heterocycles. The van der Waals surface area contributed by atoms with Crippen molar-refractivity contribution in [1.29, 1.82) is 0 Å². The summed E-state index contributed by atoms with van der Waals surface area (Å²) < 4.78 is 18.2. The molecule has 0 aliphatic heterocycles. The summed E-state index contributed by atoms with van der Waals surface area (Å²) >= 11 is 5.94. The minimum absolute atomic E-state index is 0.0354. The zero-order valence-electron chi connectivity index (χ0n) is 12.8.